The van der Waals surface area contributed by atoms with Crippen molar-refractivity contribution in [2.75, 3.05) is 6.61 Å². The number of carbonyl (C=O) groups is 1. The number of carbonyl (C=O) groups excluding carboxylic acids is 1. The average Bonchev–Trinajstić information content (AvgIpc) is 2.68. The van der Waals surface area contributed by atoms with Gasteiger partial charge in [0.15, 0.2) is 0 Å². The third-order valence-corrected chi connectivity index (χ3v) is 3.58. The number of pyridine rings is 1. The number of nitrogens with one attached hydrogen (secondary N) is 1. The van der Waals surface area contributed by atoms with Crippen LogP contribution in [0.2, 0.25) is 0 Å². The molecule has 2 aromatic heterocycles. The van der Waals surface area contributed by atoms with Crippen molar-refractivity contribution in [1.82, 2.24) is 20.3 Å². The van der Waals surface area contributed by atoms with Crippen LogP contribution in [0.4, 0.5) is 4.39 Å². The third kappa shape index (κ3) is 4.38. The van der Waals surface area contributed by atoms with Gasteiger partial charge in [-0.25, -0.2) is 19.3 Å². The molecule has 0 saturated carbocycles. The fourth-order valence-corrected chi connectivity index (χ4v) is 2.29. The van der Waals surface area contributed by atoms with E-state index >= 15 is 0 Å². The monoisotopic (exact) mass is 352 g/mol. The van der Waals surface area contributed by atoms with Crippen LogP contribution in [0.15, 0.2) is 55.0 Å². The summed E-state index contributed by atoms with van der Waals surface area (Å²) < 4.78 is 18.3. The molecule has 0 bridgehead atoms. The predicted octanol–water partition coefficient (Wildman–Crippen LogP) is 3.01. The number of hydrogen-bond donors (Lipinski definition) is 1. The highest BCUT2D eigenvalue weighted by molar-refractivity contribution is 5.93. The highest BCUT2D eigenvalue weighted by Gasteiger charge is 2.08. The number of halogens is 1. The molecule has 26 heavy (non-hydrogen) atoms. The molecular weight excluding hydrogens is 335 g/mol. The van der Waals surface area contributed by atoms with Crippen LogP contribution in [0.5, 0.6) is 5.88 Å². The molecule has 7 heteroatoms. The molecule has 1 aromatic carbocycles. The molecule has 0 spiro atoms. The minimum absolute atomic E-state index is 0.239. The summed E-state index contributed by atoms with van der Waals surface area (Å²) >= 11 is 0. The van der Waals surface area contributed by atoms with Gasteiger partial charge in [-0.3, -0.25) is 4.79 Å². The summed E-state index contributed by atoms with van der Waals surface area (Å²) in [4.78, 5) is 24.6. The topological polar surface area (TPSA) is 77.0 Å². The van der Waals surface area contributed by atoms with Gasteiger partial charge in [-0.05, 0) is 43.3 Å². The van der Waals surface area contributed by atoms with E-state index in [-0.39, 0.29) is 18.3 Å². The van der Waals surface area contributed by atoms with Crippen LogP contribution in [0, 0.1) is 5.82 Å². The Labute approximate surface area is 150 Å². The number of hydrogen-bond acceptors (Lipinski definition) is 5. The minimum atomic E-state index is -0.306. The van der Waals surface area contributed by atoms with Crippen molar-refractivity contribution in [1.29, 1.82) is 0 Å². The van der Waals surface area contributed by atoms with Crippen LogP contribution in [0.25, 0.3) is 11.3 Å². The number of ether oxygens (including phenoxy) is 1. The summed E-state index contributed by atoms with van der Waals surface area (Å²) in [7, 11) is 0. The van der Waals surface area contributed by atoms with Crippen molar-refractivity contribution in [2.45, 2.75) is 13.5 Å². The first-order valence-corrected chi connectivity index (χ1v) is 8.09. The van der Waals surface area contributed by atoms with E-state index in [4.69, 9.17) is 4.74 Å². The zero-order valence-electron chi connectivity index (χ0n) is 14.1. The predicted molar refractivity (Wildman–Crippen MR) is 94.0 cm³/mol. The van der Waals surface area contributed by atoms with Gasteiger partial charge in [-0.2, -0.15) is 0 Å². The van der Waals surface area contributed by atoms with Crippen LogP contribution in [0.1, 0.15) is 23.0 Å². The third-order valence-electron chi connectivity index (χ3n) is 3.58. The van der Waals surface area contributed by atoms with Gasteiger partial charge in [-0.15, -0.1) is 0 Å². The Morgan fingerprint density at radius 1 is 1.12 bits per heavy atom. The normalized spacial score (nSPS) is 10.4. The lowest BCUT2D eigenvalue weighted by Crippen LogP contribution is -2.23. The van der Waals surface area contributed by atoms with E-state index in [1.54, 1.807) is 30.3 Å². The molecule has 0 aliphatic heterocycles. The lowest BCUT2D eigenvalue weighted by atomic mass is 10.1. The Kier molecular flexibility index (Phi) is 5.48. The quantitative estimate of drug-likeness (QED) is 0.738. The molecule has 1 N–H and O–H groups in total. The van der Waals surface area contributed by atoms with E-state index < -0.39 is 0 Å². The van der Waals surface area contributed by atoms with Gasteiger partial charge in [0.25, 0.3) is 5.91 Å². The Morgan fingerprint density at radius 3 is 2.62 bits per heavy atom. The van der Waals surface area contributed by atoms with Gasteiger partial charge in [0.1, 0.15) is 12.1 Å². The van der Waals surface area contributed by atoms with E-state index in [0.717, 1.165) is 5.56 Å². The highest BCUT2D eigenvalue weighted by atomic mass is 19.1. The molecule has 0 aliphatic rings. The second-order valence-corrected chi connectivity index (χ2v) is 5.40. The van der Waals surface area contributed by atoms with Gasteiger partial charge in [-0.1, -0.05) is 0 Å². The van der Waals surface area contributed by atoms with E-state index in [0.29, 0.717) is 29.4 Å². The van der Waals surface area contributed by atoms with Gasteiger partial charge >= 0.3 is 0 Å². The van der Waals surface area contributed by atoms with Crippen molar-refractivity contribution in [3.63, 3.8) is 0 Å². The standard InChI is InChI=1S/C19H17FN4O2/c1-2-26-18-8-5-14(10-21-18)19(25)22-11-16-9-17(24-12-23-16)13-3-6-15(20)7-4-13/h3-10,12H,2,11H2,1H3,(H,22,25). The summed E-state index contributed by atoms with van der Waals surface area (Å²) in [5.74, 6) is -0.0921. The van der Waals surface area contributed by atoms with Crippen LogP contribution < -0.4 is 10.1 Å². The van der Waals surface area contributed by atoms with Crippen molar-refractivity contribution < 1.29 is 13.9 Å². The maximum absolute atomic E-state index is 13.0. The molecule has 0 fully saturated rings. The molecule has 1 amide bonds. The second kappa shape index (κ2) is 8.15. The first-order chi connectivity index (χ1) is 12.7. The zero-order chi connectivity index (χ0) is 18.4. The lowest BCUT2D eigenvalue weighted by Gasteiger charge is -2.07. The lowest BCUT2D eigenvalue weighted by molar-refractivity contribution is 0.0950. The van der Waals surface area contributed by atoms with Crippen molar-refractivity contribution >= 4 is 5.91 Å². The van der Waals surface area contributed by atoms with E-state index in [1.807, 2.05) is 6.92 Å². The second-order valence-electron chi connectivity index (χ2n) is 5.40. The Bertz CT molecular complexity index is 883. The van der Waals surface area contributed by atoms with E-state index in [1.165, 1.54) is 24.7 Å². The molecule has 0 unspecified atom stereocenters. The fraction of sp³-hybridized carbons (Fsp3) is 0.158. The number of benzene rings is 1. The van der Waals surface area contributed by atoms with Crippen molar-refractivity contribution in [3.8, 4) is 17.1 Å². The number of rotatable bonds is 6. The van der Waals surface area contributed by atoms with Gasteiger partial charge < -0.3 is 10.1 Å². The molecule has 0 atom stereocenters. The number of amides is 1. The molecule has 0 aliphatic carbocycles. The smallest absolute Gasteiger partial charge is 0.253 e. The summed E-state index contributed by atoms with van der Waals surface area (Å²) in [5.41, 5.74) is 2.51. The SMILES string of the molecule is CCOc1ccc(C(=O)NCc2cc(-c3ccc(F)cc3)ncn2)cn1. The summed E-state index contributed by atoms with van der Waals surface area (Å²) in [6, 6.07) is 11.1. The summed E-state index contributed by atoms with van der Waals surface area (Å²) in [6.07, 6.45) is 2.88. The Hall–Kier alpha value is -3.35. The Morgan fingerprint density at radius 2 is 1.92 bits per heavy atom. The Balaban J connectivity index is 1.65. The molecule has 3 aromatic rings. The molecule has 3 rings (SSSR count). The van der Waals surface area contributed by atoms with Gasteiger partial charge in [0, 0.05) is 17.8 Å². The maximum Gasteiger partial charge on any atom is 0.253 e. The van der Waals surface area contributed by atoms with Gasteiger partial charge in [0.2, 0.25) is 5.88 Å². The van der Waals surface area contributed by atoms with Crippen LogP contribution in [-0.4, -0.2) is 27.5 Å². The highest BCUT2D eigenvalue weighted by Crippen LogP contribution is 2.17. The van der Waals surface area contributed by atoms with E-state index in [2.05, 4.69) is 20.3 Å². The van der Waals surface area contributed by atoms with Crippen molar-refractivity contribution in [3.05, 3.63) is 72.1 Å². The molecule has 6 nitrogen and oxygen atoms in total. The number of nitrogens with zero attached hydrogens (tertiary/aromatic N) is 3. The number of aromatic nitrogens is 3. The van der Waals surface area contributed by atoms with Crippen molar-refractivity contribution in [2.24, 2.45) is 0 Å². The van der Waals surface area contributed by atoms with Crippen LogP contribution in [0.3, 0.4) is 0 Å². The summed E-state index contributed by atoms with van der Waals surface area (Å²) in [6.45, 7) is 2.62. The zero-order valence-corrected chi connectivity index (χ0v) is 14.1. The van der Waals surface area contributed by atoms with Crippen LogP contribution in [-0.2, 0) is 6.54 Å². The molecule has 2 heterocycles. The molecular formula is C19H17FN4O2. The first-order valence-electron chi connectivity index (χ1n) is 8.09. The average molecular weight is 352 g/mol. The molecule has 132 valence electrons. The molecule has 0 radical (unpaired) electrons. The maximum atomic E-state index is 13.0. The van der Waals surface area contributed by atoms with Crippen LogP contribution >= 0.6 is 0 Å². The van der Waals surface area contributed by atoms with E-state index in [9.17, 15) is 9.18 Å². The summed E-state index contributed by atoms with van der Waals surface area (Å²) in [5, 5.41) is 2.78. The fourth-order valence-electron chi connectivity index (χ4n) is 2.29. The minimum Gasteiger partial charge on any atom is -0.478 e. The largest absolute Gasteiger partial charge is 0.478 e. The van der Waals surface area contributed by atoms with Gasteiger partial charge in [0.05, 0.1) is 30.1 Å². The first kappa shape index (κ1) is 17.5. The molecule has 0 saturated heterocycles.